The predicted octanol–water partition coefficient (Wildman–Crippen LogP) is 2.63. The second-order valence-corrected chi connectivity index (χ2v) is 7.90. The summed E-state index contributed by atoms with van der Waals surface area (Å²) in [6.45, 7) is 5.92. The molecule has 6 nitrogen and oxygen atoms in total. The van der Waals surface area contributed by atoms with Gasteiger partial charge in [0, 0.05) is 51.6 Å². The number of nitrogens with zero attached hydrogens (tertiary/aromatic N) is 3. The molecule has 1 spiro atoms. The molecular weight excluding hydrogens is 342 g/mol. The summed E-state index contributed by atoms with van der Waals surface area (Å²) in [6, 6.07) is 3.92. The lowest BCUT2D eigenvalue weighted by Crippen LogP contribution is -2.52. The van der Waals surface area contributed by atoms with Gasteiger partial charge in [-0.15, -0.1) is 0 Å². The highest BCUT2D eigenvalue weighted by molar-refractivity contribution is 5.78. The van der Waals surface area contributed by atoms with Gasteiger partial charge in [0.15, 0.2) is 0 Å². The SMILES string of the molecule is CCCCOCC(=O)N1CCC2(CCC(=O)N(Cc3cccnc3)C2)CC1. The monoisotopic (exact) mass is 373 g/mol. The average molecular weight is 373 g/mol. The van der Waals surface area contributed by atoms with Crippen molar-refractivity contribution in [2.45, 2.75) is 52.0 Å². The number of ether oxygens (including phenoxy) is 1. The van der Waals surface area contributed by atoms with E-state index in [4.69, 9.17) is 4.74 Å². The van der Waals surface area contributed by atoms with Crippen molar-refractivity contribution in [3.8, 4) is 0 Å². The van der Waals surface area contributed by atoms with Crippen LogP contribution in [0.5, 0.6) is 0 Å². The molecule has 0 saturated carbocycles. The summed E-state index contributed by atoms with van der Waals surface area (Å²) in [7, 11) is 0. The van der Waals surface area contributed by atoms with Crippen LogP contribution in [0.1, 0.15) is 51.0 Å². The van der Waals surface area contributed by atoms with Crippen LogP contribution in [0, 0.1) is 5.41 Å². The van der Waals surface area contributed by atoms with Crippen molar-refractivity contribution >= 4 is 11.8 Å². The molecule has 0 bridgehead atoms. The minimum atomic E-state index is 0.0973. The lowest BCUT2D eigenvalue weighted by Gasteiger charge is -2.47. The van der Waals surface area contributed by atoms with Crippen LogP contribution in [0.2, 0.25) is 0 Å². The normalized spacial score (nSPS) is 19.5. The molecule has 2 fully saturated rings. The van der Waals surface area contributed by atoms with Crippen molar-refractivity contribution in [3.05, 3.63) is 30.1 Å². The summed E-state index contributed by atoms with van der Waals surface area (Å²) in [5.41, 5.74) is 1.22. The highest BCUT2D eigenvalue weighted by Crippen LogP contribution is 2.40. The number of rotatable bonds is 7. The Morgan fingerprint density at radius 3 is 2.81 bits per heavy atom. The number of unbranched alkanes of at least 4 members (excludes halogenated alkanes) is 1. The zero-order valence-corrected chi connectivity index (χ0v) is 16.4. The number of hydrogen-bond acceptors (Lipinski definition) is 4. The number of amides is 2. The minimum absolute atomic E-state index is 0.0973. The molecule has 0 atom stereocenters. The third-order valence-corrected chi connectivity index (χ3v) is 5.89. The van der Waals surface area contributed by atoms with E-state index in [0.717, 1.165) is 57.3 Å². The summed E-state index contributed by atoms with van der Waals surface area (Å²) in [6.07, 6.45) is 9.12. The van der Waals surface area contributed by atoms with Crippen molar-refractivity contribution < 1.29 is 14.3 Å². The van der Waals surface area contributed by atoms with E-state index in [1.54, 1.807) is 6.20 Å². The number of carbonyl (C=O) groups is 2. The molecule has 2 amide bonds. The Bertz CT molecular complexity index is 627. The van der Waals surface area contributed by atoms with Crippen LogP contribution in [0.3, 0.4) is 0 Å². The minimum Gasteiger partial charge on any atom is -0.372 e. The predicted molar refractivity (Wildman–Crippen MR) is 103 cm³/mol. The van der Waals surface area contributed by atoms with Crippen molar-refractivity contribution in [2.75, 3.05) is 32.8 Å². The standard InChI is InChI=1S/C21H31N3O3/c1-2-3-13-27-16-20(26)23-11-8-21(9-12-23)7-6-19(25)24(17-21)15-18-5-4-10-22-14-18/h4-5,10,14H,2-3,6-9,11-13,15-17H2,1H3. The van der Waals surface area contributed by atoms with E-state index in [1.807, 2.05) is 28.1 Å². The molecule has 148 valence electrons. The summed E-state index contributed by atoms with van der Waals surface area (Å²) in [4.78, 5) is 32.8. The fraction of sp³-hybridized carbons (Fsp3) is 0.667. The Hall–Kier alpha value is -1.95. The first kappa shape index (κ1) is 19.8. The lowest BCUT2D eigenvalue weighted by atomic mass is 9.72. The molecular formula is C21H31N3O3. The van der Waals surface area contributed by atoms with Crippen LogP contribution < -0.4 is 0 Å². The summed E-state index contributed by atoms with van der Waals surface area (Å²) in [5, 5.41) is 0. The molecule has 2 aliphatic rings. The summed E-state index contributed by atoms with van der Waals surface area (Å²) < 4.78 is 5.47. The van der Waals surface area contributed by atoms with Crippen LogP contribution in [0.15, 0.2) is 24.5 Å². The molecule has 3 heterocycles. The topological polar surface area (TPSA) is 62.7 Å². The molecule has 2 aliphatic heterocycles. The number of likely N-dealkylation sites (tertiary alicyclic amines) is 2. The van der Waals surface area contributed by atoms with Crippen molar-refractivity contribution in [1.29, 1.82) is 0 Å². The van der Waals surface area contributed by atoms with Gasteiger partial charge in [0.2, 0.25) is 11.8 Å². The third kappa shape index (κ3) is 5.28. The summed E-state index contributed by atoms with van der Waals surface area (Å²) >= 11 is 0. The van der Waals surface area contributed by atoms with Gasteiger partial charge in [0.05, 0.1) is 0 Å². The molecule has 6 heteroatoms. The van der Waals surface area contributed by atoms with Crippen LogP contribution in [-0.4, -0.2) is 59.4 Å². The van der Waals surface area contributed by atoms with Crippen molar-refractivity contribution in [2.24, 2.45) is 5.41 Å². The Morgan fingerprint density at radius 1 is 1.30 bits per heavy atom. The van der Waals surface area contributed by atoms with Crippen LogP contribution in [0.25, 0.3) is 0 Å². The molecule has 0 unspecified atom stereocenters. The molecule has 0 aliphatic carbocycles. The zero-order valence-electron chi connectivity index (χ0n) is 16.4. The van der Waals surface area contributed by atoms with Gasteiger partial charge >= 0.3 is 0 Å². The maximum absolute atomic E-state index is 12.4. The number of aromatic nitrogens is 1. The molecule has 1 aromatic heterocycles. The van der Waals surface area contributed by atoms with E-state index in [1.165, 1.54) is 0 Å². The molecule has 27 heavy (non-hydrogen) atoms. The van der Waals surface area contributed by atoms with Gasteiger partial charge in [-0.2, -0.15) is 0 Å². The van der Waals surface area contributed by atoms with Crippen LogP contribution in [-0.2, 0) is 20.9 Å². The Balaban J connectivity index is 1.51. The van der Waals surface area contributed by atoms with Gasteiger partial charge in [0.1, 0.15) is 6.61 Å². The second kappa shape index (κ2) is 9.31. The number of hydrogen-bond donors (Lipinski definition) is 0. The quantitative estimate of drug-likeness (QED) is 0.689. The highest BCUT2D eigenvalue weighted by Gasteiger charge is 2.41. The number of carbonyl (C=O) groups excluding carboxylic acids is 2. The molecule has 0 aromatic carbocycles. The van der Waals surface area contributed by atoms with E-state index in [9.17, 15) is 9.59 Å². The maximum atomic E-state index is 12.4. The Kier molecular flexibility index (Phi) is 6.83. The van der Waals surface area contributed by atoms with Gasteiger partial charge in [0.25, 0.3) is 0 Å². The average Bonchev–Trinajstić information content (AvgIpc) is 2.69. The first-order valence-corrected chi connectivity index (χ1v) is 10.1. The van der Waals surface area contributed by atoms with E-state index in [2.05, 4.69) is 11.9 Å². The highest BCUT2D eigenvalue weighted by atomic mass is 16.5. The number of pyridine rings is 1. The zero-order chi connectivity index (χ0) is 19.1. The second-order valence-electron chi connectivity index (χ2n) is 7.90. The Labute approximate surface area is 161 Å². The van der Waals surface area contributed by atoms with Gasteiger partial charge in [-0.1, -0.05) is 19.4 Å². The molecule has 3 rings (SSSR count). The van der Waals surface area contributed by atoms with Gasteiger partial charge in [-0.05, 0) is 42.7 Å². The van der Waals surface area contributed by atoms with Gasteiger partial charge in [-0.3, -0.25) is 14.6 Å². The van der Waals surface area contributed by atoms with Gasteiger partial charge < -0.3 is 14.5 Å². The Morgan fingerprint density at radius 2 is 2.11 bits per heavy atom. The van der Waals surface area contributed by atoms with E-state index < -0.39 is 0 Å². The first-order valence-electron chi connectivity index (χ1n) is 10.1. The molecule has 1 aromatic rings. The fourth-order valence-corrected chi connectivity index (χ4v) is 4.09. The largest absolute Gasteiger partial charge is 0.372 e. The van der Waals surface area contributed by atoms with E-state index in [0.29, 0.717) is 19.6 Å². The molecule has 0 N–H and O–H groups in total. The first-order chi connectivity index (χ1) is 13.1. The maximum Gasteiger partial charge on any atom is 0.248 e. The fourth-order valence-electron chi connectivity index (χ4n) is 4.09. The lowest BCUT2D eigenvalue weighted by molar-refractivity contribution is -0.145. The summed E-state index contributed by atoms with van der Waals surface area (Å²) in [5.74, 6) is 0.326. The van der Waals surface area contributed by atoms with E-state index in [-0.39, 0.29) is 23.8 Å². The van der Waals surface area contributed by atoms with Crippen LogP contribution >= 0.6 is 0 Å². The van der Waals surface area contributed by atoms with Crippen molar-refractivity contribution in [1.82, 2.24) is 14.8 Å². The van der Waals surface area contributed by atoms with Gasteiger partial charge in [-0.25, -0.2) is 0 Å². The smallest absolute Gasteiger partial charge is 0.248 e. The third-order valence-electron chi connectivity index (χ3n) is 5.89. The van der Waals surface area contributed by atoms with Crippen molar-refractivity contribution in [3.63, 3.8) is 0 Å². The van der Waals surface area contributed by atoms with E-state index >= 15 is 0 Å². The number of piperidine rings is 2. The molecule has 0 radical (unpaired) electrons. The van der Waals surface area contributed by atoms with Crippen LogP contribution in [0.4, 0.5) is 0 Å². The molecule has 2 saturated heterocycles.